The lowest BCUT2D eigenvalue weighted by molar-refractivity contribution is 0.401. The lowest BCUT2D eigenvalue weighted by Gasteiger charge is -1.97. The highest BCUT2D eigenvalue weighted by Crippen LogP contribution is 2.31. The fourth-order valence-electron chi connectivity index (χ4n) is 0.997. The molecule has 0 spiro atoms. The van der Waals surface area contributed by atoms with Gasteiger partial charge in [-0.05, 0) is 6.07 Å². The van der Waals surface area contributed by atoms with E-state index in [0.29, 0.717) is 12.2 Å². The number of benzene rings is 1. The molecule has 1 saturated heterocycles. The lowest BCUT2D eigenvalue weighted by atomic mass is 10.1. The van der Waals surface area contributed by atoms with E-state index in [1.54, 1.807) is 0 Å². The Balaban J connectivity index is 2.45. The Bertz CT molecular complexity index is 281. The number of halogens is 2. The van der Waals surface area contributed by atoms with Crippen LogP contribution in [0, 0.1) is 11.6 Å². The molecule has 0 unspecified atom stereocenters. The summed E-state index contributed by atoms with van der Waals surface area (Å²) in [5.74, 6) is -1.59. The predicted molar refractivity (Wildman–Crippen MR) is 35.1 cm³/mol. The van der Waals surface area contributed by atoms with Crippen molar-refractivity contribution in [2.75, 3.05) is 6.61 Å². The van der Waals surface area contributed by atoms with Gasteiger partial charge in [0.1, 0.15) is 6.10 Å². The van der Waals surface area contributed by atoms with Crippen LogP contribution in [0.4, 0.5) is 8.78 Å². The molecule has 11 heavy (non-hydrogen) atoms. The zero-order valence-electron chi connectivity index (χ0n) is 5.68. The van der Waals surface area contributed by atoms with E-state index in [2.05, 4.69) is 0 Å². The summed E-state index contributed by atoms with van der Waals surface area (Å²) in [6, 6.07) is 4.12. The second kappa shape index (κ2) is 2.27. The number of epoxide rings is 1. The molecule has 58 valence electrons. The average Bonchev–Trinajstić information content (AvgIpc) is 2.77. The SMILES string of the molecule is Fc1cccc([C@H]2CO2)c1F. The molecule has 0 aromatic heterocycles. The minimum atomic E-state index is -0.807. The van der Waals surface area contributed by atoms with E-state index in [1.807, 2.05) is 0 Å². The van der Waals surface area contributed by atoms with Crippen LogP contribution in [0.3, 0.4) is 0 Å². The Morgan fingerprint density at radius 3 is 2.73 bits per heavy atom. The van der Waals surface area contributed by atoms with Crippen LogP contribution in [0.1, 0.15) is 11.7 Å². The van der Waals surface area contributed by atoms with E-state index < -0.39 is 11.6 Å². The molecular formula is C8H6F2O. The second-order valence-corrected chi connectivity index (χ2v) is 2.47. The first-order valence-corrected chi connectivity index (χ1v) is 3.34. The third-order valence-corrected chi connectivity index (χ3v) is 1.66. The van der Waals surface area contributed by atoms with Gasteiger partial charge in [-0.15, -0.1) is 0 Å². The summed E-state index contributed by atoms with van der Waals surface area (Å²) in [5.41, 5.74) is 0.324. The molecule has 1 aromatic rings. The number of hydrogen-bond acceptors (Lipinski definition) is 1. The summed E-state index contributed by atoms with van der Waals surface area (Å²) in [4.78, 5) is 0. The third kappa shape index (κ3) is 1.12. The monoisotopic (exact) mass is 156 g/mol. The molecule has 0 amide bonds. The molecular weight excluding hydrogens is 150 g/mol. The van der Waals surface area contributed by atoms with Gasteiger partial charge in [0.2, 0.25) is 0 Å². The van der Waals surface area contributed by atoms with E-state index in [1.165, 1.54) is 12.1 Å². The molecule has 0 bridgehead atoms. The van der Waals surface area contributed by atoms with E-state index in [-0.39, 0.29) is 6.10 Å². The highest BCUT2D eigenvalue weighted by atomic mass is 19.2. The smallest absolute Gasteiger partial charge is 0.164 e. The van der Waals surface area contributed by atoms with Gasteiger partial charge < -0.3 is 4.74 Å². The van der Waals surface area contributed by atoms with Crippen molar-refractivity contribution in [2.45, 2.75) is 6.10 Å². The zero-order valence-corrected chi connectivity index (χ0v) is 5.68. The fourth-order valence-corrected chi connectivity index (χ4v) is 0.997. The van der Waals surface area contributed by atoms with Crippen molar-refractivity contribution in [1.82, 2.24) is 0 Å². The van der Waals surface area contributed by atoms with Crippen LogP contribution in [0.15, 0.2) is 18.2 Å². The molecule has 1 aliphatic heterocycles. The van der Waals surface area contributed by atoms with Gasteiger partial charge in [0.05, 0.1) is 6.61 Å². The van der Waals surface area contributed by atoms with Crippen molar-refractivity contribution in [2.24, 2.45) is 0 Å². The number of rotatable bonds is 1. The van der Waals surface area contributed by atoms with E-state index >= 15 is 0 Å². The average molecular weight is 156 g/mol. The summed E-state index contributed by atoms with van der Waals surface area (Å²) < 4.78 is 30.2. The standard InChI is InChI=1S/C8H6F2O/c9-6-3-1-2-5(8(6)10)7-4-11-7/h1-3,7H,4H2/t7-/m1/s1. The normalized spacial score (nSPS) is 21.8. The molecule has 2 rings (SSSR count). The molecule has 1 aliphatic rings. The Labute approximate surface area is 62.6 Å². The minimum absolute atomic E-state index is 0.217. The van der Waals surface area contributed by atoms with Crippen molar-refractivity contribution >= 4 is 0 Å². The van der Waals surface area contributed by atoms with Crippen LogP contribution < -0.4 is 0 Å². The highest BCUT2D eigenvalue weighted by Gasteiger charge is 2.28. The summed E-state index contributed by atoms with van der Waals surface area (Å²) >= 11 is 0. The van der Waals surface area contributed by atoms with E-state index in [0.717, 1.165) is 6.07 Å². The van der Waals surface area contributed by atoms with Crippen LogP contribution in [-0.2, 0) is 4.74 Å². The number of ether oxygens (including phenoxy) is 1. The van der Waals surface area contributed by atoms with Crippen LogP contribution in [0.2, 0.25) is 0 Å². The molecule has 0 saturated carbocycles. The fraction of sp³-hybridized carbons (Fsp3) is 0.250. The van der Waals surface area contributed by atoms with Crippen LogP contribution in [0.25, 0.3) is 0 Å². The van der Waals surface area contributed by atoms with Crippen molar-refractivity contribution in [3.63, 3.8) is 0 Å². The molecule has 1 nitrogen and oxygen atoms in total. The van der Waals surface area contributed by atoms with Crippen molar-refractivity contribution in [1.29, 1.82) is 0 Å². The minimum Gasteiger partial charge on any atom is -0.368 e. The lowest BCUT2D eigenvalue weighted by Crippen LogP contribution is -1.91. The van der Waals surface area contributed by atoms with Crippen molar-refractivity contribution < 1.29 is 13.5 Å². The molecule has 3 heteroatoms. The first-order valence-electron chi connectivity index (χ1n) is 3.34. The highest BCUT2D eigenvalue weighted by molar-refractivity contribution is 5.23. The molecule has 1 aromatic carbocycles. The van der Waals surface area contributed by atoms with Crippen LogP contribution in [-0.4, -0.2) is 6.61 Å². The molecule has 0 aliphatic carbocycles. The maximum atomic E-state index is 12.8. The Morgan fingerprint density at radius 1 is 1.36 bits per heavy atom. The second-order valence-electron chi connectivity index (χ2n) is 2.47. The summed E-state index contributed by atoms with van der Waals surface area (Å²) in [6.07, 6.45) is -0.217. The van der Waals surface area contributed by atoms with Crippen LogP contribution >= 0.6 is 0 Å². The van der Waals surface area contributed by atoms with Gasteiger partial charge in [0.25, 0.3) is 0 Å². The summed E-state index contributed by atoms with van der Waals surface area (Å²) in [7, 11) is 0. The molecule has 1 fully saturated rings. The topological polar surface area (TPSA) is 12.5 Å². The predicted octanol–water partition coefficient (Wildman–Crippen LogP) is 2.04. The first-order chi connectivity index (χ1) is 5.29. The Kier molecular flexibility index (Phi) is 1.39. The van der Waals surface area contributed by atoms with Gasteiger partial charge >= 0.3 is 0 Å². The van der Waals surface area contributed by atoms with Gasteiger partial charge in [-0.25, -0.2) is 8.78 Å². The molecule has 1 atom stereocenters. The summed E-state index contributed by atoms with van der Waals surface area (Å²) in [6.45, 7) is 0.500. The van der Waals surface area contributed by atoms with Crippen LogP contribution in [0.5, 0.6) is 0 Å². The maximum Gasteiger partial charge on any atom is 0.164 e. The molecule has 1 heterocycles. The zero-order chi connectivity index (χ0) is 7.84. The Hall–Kier alpha value is -0.960. The van der Waals surface area contributed by atoms with Crippen molar-refractivity contribution in [3.05, 3.63) is 35.4 Å². The van der Waals surface area contributed by atoms with Gasteiger partial charge in [-0.3, -0.25) is 0 Å². The van der Waals surface area contributed by atoms with Gasteiger partial charge in [0, 0.05) is 5.56 Å². The van der Waals surface area contributed by atoms with E-state index in [9.17, 15) is 8.78 Å². The van der Waals surface area contributed by atoms with Gasteiger partial charge in [0.15, 0.2) is 11.6 Å². The maximum absolute atomic E-state index is 12.8. The molecule has 0 radical (unpaired) electrons. The van der Waals surface area contributed by atoms with Gasteiger partial charge in [-0.1, -0.05) is 12.1 Å². The Morgan fingerprint density at radius 2 is 2.09 bits per heavy atom. The largest absolute Gasteiger partial charge is 0.368 e. The quantitative estimate of drug-likeness (QED) is 0.567. The summed E-state index contributed by atoms with van der Waals surface area (Å²) in [5, 5.41) is 0. The molecule has 0 N–H and O–H groups in total. The number of hydrogen-bond donors (Lipinski definition) is 0. The third-order valence-electron chi connectivity index (χ3n) is 1.66. The van der Waals surface area contributed by atoms with E-state index in [4.69, 9.17) is 4.74 Å². The van der Waals surface area contributed by atoms with Gasteiger partial charge in [-0.2, -0.15) is 0 Å². The first kappa shape index (κ1) is 6.73. The van der Waals surface area contributed by atoms with Crippen molar-refractivity contribution in [3.8, 4) is 0 Å².